The van der Waals surface area contributed by atoms with Crippen LogP contribution < -0.4 is 16.0 Å². The molecule has 0 spiro atoms. The second-order valence-corrected chi connectivity index (χ2v) is 11.9. The Balaban J connectivity index is 4.11. The van der Waals surface area contributed by atoms with Crippen molar-refractivity contribution in [3.05, 3.63) is 0 Å². The molecule has 15 heteroatoms. The van der Waals surface area contributed by atoms with Crippen molar-refractivity contribution in [3.63, 3.8) is 0 Å². The lowest BCUT2D eigenvalue weighted by molar-refractivity contribution is -0.143. The zero-order valence-electron chi connectivity index (χ0n) is 26.7. The number of carbonyl (C=O) groups excluding carboxylic acids is 4. The second-order valence-electron chi connectivity index (χ2n) is 11.5. The summed E-state index contributed by atoms with van der Waals surface area (Å²) in [5.41, 5.74) is 0. The Hall–Kier alpha value is -3.20. The van der Waals surface area contributed by atoms with Crippen molar-refractivity contribution in [2.24, 2.45) is 0 Å². The maximum Gasteiger partial charge on any atom is 0.326 e. The Morgan fingerprint density at radius 2 is 0.761 bits per heavy atom. The molecule has 0 fully saturated rings. The van der Waals surface area contributed by atoms with Crippen LogP contribution in [0.1, 0.15) is 128 Å². The number of unbranched alkanes of at least 4 members (excludes halogenated alkanes) is 13. The van der Waals surface area contributed by atoms with Gasteiger partial charge in [0.2, 0.25) is 22.8 Å². The minimum absolute atomic E-state index is 0.158. The maximum atomic E-state index is 12.3. The molecule has 0 aliphatic carbocycles. The number of aliphatic hydroxyl groups is 1. The van der Waals surface area contributed by atoms with Crippen LogP contribution in [0.15, 0.2) is 0 Å². The van der Waals surface area contributed by atoms with Gasteiger partial charge in [0.05, 0.1) is 6.61 Å². The minimum Gasteiger partial charge on any atom is -0.481 e. The molecule has 0 rings (SSSR count). The Bertz CT molecular complexity index is 964. The number of carboxylic acid groups (broad SMARTS) is 3. The quantitative estimate of drug-likeness (QED) is 0.0407. The number of aliphatic hydroxyl groups excluding tert-OH is 1. The highest BCUT2D eigenvalue weighted by Crippen LogP contribution is 2.14. The van der Waals surface area contributed by atoms with Crippen LogP contribution >= 0.6 is 12.6 Å². The number of carbonyl (C=O) groups is 7. The van der Waals surface area contributed by atoms with Gasteiger partial charge in [0.1, 0.15) is 18.1 Å². The predicted octanol–water partition coefficient (Wildman–Crippen LogP) is 2.95. The molecule has 3 atom stereocenters. The first-order valence-corrected chi connectivity index (χ1v) is 16.7. The van der Waals surface area contributed by atoms with E-state index in [1.807, 2.05) is 0 Å². The standard InChI is InChI=1S/C31H53N3O11S/c35-21-24(31(45)46)34-27(38)20-18-23(30(43)44)33-26(37)19-17-22(29(41)42)32-25(36)15-13-11-9-7-5-3-1-2-4-6-8-10-12-14-16-28(39)40/h22-24,35H,1-21H2,(H,32,36)(H,33,37)(H,34,38)(H,39,40)(H,41,42)(H,43,44)(H,45,46)/t22?,23-,24?/m0/s1. The van der Waals surface area contributed by atoms with Gasteiger partial charge >= 0.3 is 17.9 Å². The molecule has 0 aromatic rings. The highest BCUT2D eigenvalue weighted by molar-refractivity contribution is 7.96. The normalized spacial score (nSPS) is 12.8. The third-order valence-corrected chi connectivity index (χ3v) is 7.76. The van der Waals surface area contributed by atoms with Crippen LogP contribution in [0.4, 0.5) is 0 Å². The largest absolute Gasteiger partial charge is 0.481 e. The van der Waals surface area contributed by atoms with E-state index in [4.69, 9.17) is 10.2 Å². The molecule has 0 bridgehead atoms. The maximum absolute atomic E-state index is 12.3. The molecule has 0 heterocycles. The van der Waals surface area contributed by atoms with Crippen LogP contribution in [0.5, 0.6) is 0 Å². The van der Waals surface area contributed by atoms with E-state index in [-0.39, 0.29) is 38.5 Å². The molecule has 264 valence electrons. The third kappa shape index (κ3) is 24.1. The highest BCUT2D eigenvalue weighted by Gasteiger charge is 2.25. The summed E-state index contributed by atoms with van der Waals surface area (Å²) >= 11 is 3.52. The van der Waals surface area contributed by atoms with Crippen molar-refractivity contribution in [1.29, 1.82) is 0 Å². The summed E-state index contributed by atoms with van der Waals surface area (Å²) in [5.74, 6) is -5.39. The van der Waals surface area contributed by atoms with Gasteiger partial charge in [0.15, 0.2) is 0 Å². The first kappa shape index (κ1) is 42.8. The molecular formula is C31H53N3O11S. The Kier molecular flexibility index (Phi) is 25.1. The van der Waals surface area contributed by atoms with Crippen molar-refractivity contribution in [3.8, 4) is 0 Å². The number of carboxylic acids is 3. The first-order valence-electron chi connectivity index (χ1n) is 16.3. The fourth-order valence-electron chi connectivity index (χ4n) is 4.73. The summed E-state index contributed by atoms with van der Waals surface area (Å²) in [5, 5.41) is 42.5. The van der Waals surface area contributed by atoms with Crippen LogP contribution in [0.25, 0.3) is 0 Å². The predicted molar refractivity (Wildman–Crippen MR) is 172 cm³/mol. The van der Waals surface area contributed by atoms with Crippen molar-refractivity contribution in [1.82, 2.24) is 16.0 Å². The number of rotatable bonds is 30. The topological polar surface area (TPSA) is 236 Å². The summed E-state index contributed by atoms with van der Waals surface area (Å²) in [6.45, 7) is -0.682. The summed E-state index contributed by atoms with van der Waals surface area (Å²) in [6.07, 6.45) is 13.7. The summed E-state index contributed by atoms with van der Waals surface area (Å²) < 4.78 is 0. The Morgan fingerprint density at radius 3 is 1.07 bits per heavy atom. The number of aliphatic carboxylic acids is 3. The Labute approximate surface area is 276 Å². The molecule has 0 aromatic heterocycles. The molecular weight excluding hydrogens is 622 g/mol. The van der Waals surface area contributed by atoms with E-state index < -0.39 is 65.5 Å². The van der Waals surface area contributed by atoms with Crippen LogP contribution in [-0.4, -0.2) is 85.9 Å². The van der Waals surface area contributed by atoms with E-state index >= 15 is 0 Å². The van der Waals surface area contributed by atoms with Gasteiger partial charge in [-0.25, -0.2) is 9.59 Å². The van der Waals surface area contributed by atoms with Crippen molar-refractivity contribution in [2.75, 3.05) is 6.61 Å². The van der Waals surface area contributed by atoms with Gasteiger partial charge in [-0.1, -0.05) is 77.0 Å². The number of hydrogen-bond acceptors (Lipinski definition) is 8. The van der Waals surface area contributed by atoms with Crippen LogP contribution in [0, 0.1) is 0 Å². The average Bonchev–Trinajstić information content (AvgIpc) is 2.99. The van der Waals surface area contributed by atoms with Gasteiger partial charge in [-0.15, -0.1) is 12.6 Å². The molecule has 0 radical (unpaired) electrons. The van der Waals surface area contributed by atoms with Gasteiger partial charge in [0.25, 0.3) is 0 Å². The smallest absolute Gasteiger partial charge is 0.326 e. The summed E-state index contributed by atoms with van der Waals surface area (Å²) in [6, 6.07) is -4.01. The third-order valence-electron chi connectivity index (χ3n) is 7.45. The van der Waals surface area contributed by atoms with E-state index in [1.54, 1.807) is 0 Å². The van der Waals surface area contributed by atoms with Crippen LogP contribution in [0.3, 0.4) is 0 Å². The van der Waals surface area contributed by atoms with E-state index in [2.05, 4.69) is 28.6 Å². The molecule has 3 amide bonds. The molecule has 0 saturated carbocycles. The SMILES string of the molecule is O=C(O)CCCCCCCCCCCCCCCCC(=O)NC(CCC(=O)N[C@@H](CCC(=O)NC(CO)C(=O)S)C(=O)O)C(=O)O. The molecule has 2 unspecified atom stereocenters. The molecule has 7 N–H and O–H groups in total. The van der Waals surface area contributed by atoms with Gasteiger partial charge < -0.3 is 36.4 Å². The Morgan fingerprint density at radius 1 is 0.457 bits per heavy atom. The first-order chi connectivity index (χ1) is 21.9. The average molecular weight is 676 g/mol. The number of nitrogens with one attached hydrogen (secondary N) is 3. The zero-order valence-corrected chi connectivity index (χ0v) is 27.6. The second kappa shape index (κ2) is 27.0. The van der Waals surface area contributed by atoms with Crippen LogP contribution in [-0.2, 0) is 33.6 Å². The number of thiol groups is 1. The zero-order chi connectivity index (χ0) is 34.7. The van der Waals surface area contributed by atoms with Gasteiger partial charge in [0, 0.05) is 25.7 Å². The minimum atomic E-state index is -1.45. The van der Waals surface area contributed by atoms with E-state index in [0.717, 1.165) is 51.4 Å². The molecule has 0 saturated heterocycles. The fourth-order valence-corrected chi connectivity index (χ4v) is 4.88. The lowest BCUT2D eigenvalue weighted by Gasteiger charge is -2.17. The summed E-state index contributed by atoms with van der Waals surface area (Å²) in [4.78, 5) is 81.2. The lowest BCUT2D eigenvalue weighted by Crippen LogP contribution is -2.45. The molecule has 0 aromatic carbocycles. The lowest BCUT2D eigenvalue weighted by atomic mass is 10.0. The van der Waals surface area contributed by atoms with Gasteiger partial charge in [-0.2, -0.15) is 0 Å². The van der Waals surface area contributed by atoms with Crippen molar-refractivity contribution >= 4 is 53.4 Å². The van der Waals surface area contributed by atoms with E-state index in [0.29, 0.717) is 6.42 Å². The van der Waals surface area contributed by atoms with Crippen LogP contribution in [0.2, 0.25) is 0 Å². The van der Waals surface area contributed by atoms with Crippen molar-refractivity contribution in [2.45, 2.75) is 147 Å². The highest BCUT2D eigenvalue weighted by atomic mass is 32.1. The molecule has 14 nitrogen and oxygen atoms in total. The molecule has 0 aliphatic heterocycles. The van der Waals surface area contributed by atoms with Gasteiger partial charge in [-0.05, 0) is 25.7 Å². The number of hydrogen-bond donors (Lipinski definition) is 8. The monoisotopic (exact) mass is 675 g/mol. The fraction of sp³-hybridized carbons (Fsp3) is 0.774. The molecule has 46 heavy (non-hydrogen) atoms. The van der Waals surface area contributed by atoms with E-state index in [1.165, 1.54) is 32.1 Å². The van der Waals surface area contributed by atoms with Gasteiger partial charge in [-0.3, -0.25) is 24.0 Å². The number of amides is 3. The molecule has 0 aliphatic rings. The summed E-state index contributed by atoms with van der Waals surface area (Å²) in [7, 11) is 0. The van der Waals surface area contributed by atoms with E-state index in [9.17, 15) is 43.8 Å². The van der Waals surface area contributed by atoms with Crippen molar-refractivity contribution < 1.29 is 54.0 Å².